The van der Waals surface area contributed by atoms with Gasteiger partial charge in [-0.15, -0.1) is 0 Å². The molecule has 25 heavy (non-hydrogen) atoms. The number of carbonyl (C=O) groups is 3. The third-order valence-electron chi connectivity index (χ3n) is 3.34. The smallest absolute Gasteiger partial charge is 0.327 e. The Morgan fingerprint density at radius 1 is 1.28 bits per heavy atom. The maximum absolute atomic E-state index is 12.5. The second-order valence-corrected chi connectivity index (χ2v) is 6.98. The molecule has 1 aliphatic heterocycles. The molecule has 0 radical (unpaired) electrons. The van der Waals surface area contributed by atoms with Gasteiger partial charge in [0.1, 0.15) is 10.4 Å². The van der Waals surface area contributed by atoms with E-state index in [1.54, 1.807) is 6.08 Å². The number of thioether (sulfide) groups is 1. The summed E-state index contributed by atoms with van der Waals surface area (Å²) in [5, 5.41) is 18.1. The second kappa shape index (κ2) is 8.09. The lowest BCUT2D eigenvalue weighted by Gasteiger charge is -2.21. The summed E-state index contributed by atoms with van der Waals surface area (Å²) in [5.74, 6) is -3.31. The van der Waals surface area contributed by atoms with Gasteiger partial charge in [0.05, 0.1) is 11.3 Å². The van der Waals surface area contributed by atoms with Gasteiger partial charge in [0, 0.05) is 0 Å². The number of carboxylic acid groups (broad SMARTS) is 2. The van der Waals surface area contributed by atoms with E-state index < -0.39 is 30.3 Å². The van der Waals surface area contributed by atoms with E-state index >= 15 is 0 Å². The van der Waals surface area contributed by atoms with Gasteiger partial charge < -0.3 is 10.2 Å². The Labute approximate surface area is 153 Å². The lowest BCUT2D eigenvalue weighted by atomic mass is 10.1. The van der Waals surface area contributed by atoms with Gasteiger partial charge in [-0.25, -0.2) is 4.79 Å². The first-order valence-electron chi connectivity index (χ1n) is 7.24. The average Bonchev–Trinajstić information content (AvgIpc) is 2.79. The molecular weight excluding hydrogens is 362 g/mol. The number of aliphatic carboxylic acids is 2. The van der Waals surface area contributed by atoms with E-state index in [1.807, 2.05) is 43.3 Å². The van der Waals surface area contributed by atoms with Crippen molar-refractivity contribution in [2.75, 3.05) is 0 Å². The van der Waals surface area contributed by atoms with Crippen molar-refractivity contribution in [2.24, 2.45) is 0 Å². The summed E-state index contributed by atoms with van der Waals surface area (Å²) < 4.78 is 0.0393. The first-order valence-corrected chi connectivity index (χ1v) is 8.47. The summed E-state index contributed by atoms with van der Waals surface area (Å²) in [6.45, 7) is 1.81. The van der Waals surface area contributed by atoms with Crippen LogP contribution in [0.2, 0.25) is 0 Å². The molecule has 0 unspecified atom stereocenters. The minimum absolute atomic E-state index is 0.0393. The van der Waals surface area contributed by atoms with Crippen LogP contribution in [0.4, 0.5) is 0 Å². The number of thiocarbonyl (C=S) groups is 1. The Balaban J connectivity index is 2.26. The Hall–Kier alpha value is -2.45. The second-order valence-electron chi connectivity index (χ2n) is 5.30. The number of carbonyl (C=O) groups excluding carboxylic acids is 1. The van der Waals surface area contributed by atoms with E-state index in [4.69, 9.17) is 17.3 Å². The van der Waals surface area contributed by atoms with Crippen molar-refractivity contribution >= 4 is 52.2 Å². The zero-order valence-electron chi connectivity index (χ0n) is 13.2. The highest BCUT2D eigenvalue weighted by atomic mass is 32.2. The van der Waals surface area contributed by atoms with Gasteiger partial charge in [-0.1, -0.05) is 60.4 Å². The van der Waals surface area contributed by atoms with Crippen LogP contribution < -0.4 is 0 Å². The van der Waals surface area contributed by atoms with E-state index in [2.05, 4.69) is 0 Å². The third-order valence-corrected chi connectivity index (χ3v) is 4.67. The highest BCUT2D eigenvalue weighted by Crippen LogP contribution is 2.34. The van der Waals surface area contributed by atoms with Gasteiger partial charge in [0.2, 0.25) is 0 Å². The molecule has 1 aliphatic rings. The first kappa shape index (κ1) is 18.9. The summed E-state index contributed by atoms with van der Waals surface area (Å²) in [7, 11) is 0. The van der Waals surface area contributed by atoms with Gasteiger partial charge in [-0.05, 0) is 24.1 Å². The fourth-order valence-corrected chi connectivity index (χ4v) is 3.67. The van der Waals surface area contributed by atoms with Crippen LogP contribution in [0.25, 0.3) is 6.08 Å². The molecule has 1 amide bonds. The fourth-order valence-electron chi connectivity index (χ4n) is 2.26. The molecule has 1 atom stereocenters. The molecule has 1 aromatic rings. The molecule has 0 spiro atoms. The molecule has 1 heterocycles. The monoisotopic (exact) mass is 377 g/mol. The molecule has 1 saturated heterocycles. The van der Waals surface area contributed by atoms with E-state index in [1.165, 1.54) is 0 Å². The van der Waals surface area contributed by atoms with Crippen LogP contribution in [0.5, 0.6) is 0 Å². The van der Waals surface area contributed by atoms with Crippen LogP contribution in [0.3, 0.4) is 0 Å². The summed E-state index contributed by atoms with van der Waals surface area (Å²) in [6.07, 6.45) is 2.78. The molecule has 2 N–H and O–H groups in total. The summed E-state index contributed by atoms with van der Waals surface area (Å²) in [5.41, 5.74) is 1.75. The van der Waals surface area contributed by atoms with Crippen LogP contribution in [0, 0.1) is 0 Å². The minimum atomic E-state index is -1.52. The van der Waals surface area contributed by atoms with Gasteiger partial charge in [0.25, 0.3) is 5.91 Å². The van der Waals surface area contributed by atoms with Crippen molar-refractivity contribution in [1.29, 1.82) is 0 Å². The molecule has 6 nitrogen and oxygen atoms in total. The summed E-state index contributed by atoms with van der Waals surface area (Å²) >= 11 is 6.04. The van der Waals surface area contributed by atoms with E-state index in [-0.39, 0.29) is 9.23 Å². The number of amides is 1. The number of hydrogen-bond donors (Lipinski definition) is 2. The number of rotatable bonds is 6. The number of carboxylic acids is 2. The van der Waals surface area contributed by atoms with E-state index in [0.29, 0.717) is 0 Å². The number of allylic oxidation sites excluding steroid dienone is 2. The quantitative estimate of drug-likeness (QED) is 0.581. The fraction of sp³-hybridized carbons (Fsp3) is 0.176. The van der Waals surface area contributed by atoms with Crippen LogP contribution in [-0.4, -0.2) is 43.3 Å². The lowest BCUT2D eigenvalue weighted by molar-refractivity contribution is -0.150. The lowest BCUT2D eigenvalue weighted by Crippen LogP contribution is -2.45. The van der Waals surface area contributed by atoms with Gasteiger partial charge in [-0.2, -0.15) is 0 Å². The predicted molar refractivity (Wildman–Crippen MR) is 98.9 cm³/mol. The van der Waals surface area contributed by atoms with Crippen molar-refractivity contribution in [3.63, 3.8) is 0 Å². The van der Waals surface area contributed by atoms with Crippen LogP contribution in [0.15, 0.2) is 46.9 Å². The molecule has 0 bridgehead atoms. The highest BCUT2D eigenvalue weighted by molar-refractivity contribution is 8.26. The predicted octanol–water partition coefficient (Wildman–Crippen LogP) is 2.76. The number of hydrogen-bond acceptors (Lipinski definition) is 5. The van der Waals surface area contributed by atoms with Crippen LogP contribution in [0.1, 0.15) is 18.9 Å². The summed E-state index contributed by atoms with van der Waals surface area (Å²) in [4.78, 5) is 35.8. The molecule has 130 valence electrons. The molecule has 8 heteroatoms. The molecule has 1 aromatic carbocycles. The van der Waals surface area contributed by atoms with Crippen molar-refractivity contribution < 1.29 is 24.6 Å². The van der Waals surface area contributed by atoms with Crippen molar-refractivity contribution in [3.05, 3.63) is 52.4 Å². The zero-order chi connectivity index (χ0) is 18.6. The van der Waals surface area contributed by atoms with Crippen molar-refractivity contribution in [2.45, 2.75) is 19.4 Å². The molecular formula is C17H15NO5S2. The van der Waals surface area contributed by atoms with Gasteiger partial charge in [0.15, 0.2) is 0 Å². The third kappa shape index (κ3) is 4.77. The number of benzene rings is 1. The highest BCUT2D eigenvalue weighted by Gasteiger charge is 2.41. The topological polar surface area (TPSA) is 94.9 Å². The van der Waals surface area contributed by atoms with Crippen molar-refractivity contribution in [3.8, 4) is 0 Å². The minimum Gasteiger partial charge on any atom is -0.481 e. The average molecular weight is 377 g/mol. The standard InChI is InChI=1S/C17H15NO5S2/c1-10(7-11-5-3-2-4-6-11)8-13-15(21)18(17(24)25-13)12(16(22)23)9-14(19)20/h2-8,12H,9H2,1H3,(H,19,20)(H,22,23)/b10-7+,13-8+/t12-/m1/s1. The van der Waals surface area contributed by atoms with Gasteiger partial charge in [-0.3, -0.25) is 14.5 Å². The van der Waals surface area contributed by atoms with E-state index in [9.17, 15) is 19.5 Å². The summed E-state index contributed by atoms with van der Waals surface area (Å²) in [6, 6.07) is 7.98. The molecule has 0 saturated carbocycles. The Bertz CT molecular complexity index is 785. The normalized spacial score (nSPS) is 17.9. The maximum Gasteiger partial charge on any atom is 0.327 e. The van der Waals surface area contributed by atoms with Crippen LogP contribution in [-0.2, 0) is 14.4 Å². The molecule has 1 fully saturated rings. The SMILES string of the molecule is CC(=C\c1ccccc1)/C=C1/SC(=S)N([C@H](CC(=O)O)C(=O)O)C1=O. The maximum atomic E-state index is 12.5. The molecule has 0 aliphatic carbocycles. The number of nitrogens with zero attached hydrogens (tertiary/aromatic N) is 1. The van der Waals surface area contributed by atoms with Gasteiger partial charge >= 0.3 is 11.9 Å². The zero-order valence-corrected chi connectivity index (χ0v) is 14.8. The molecule has 2 rings (SSSR count). The Morgan fingerprint density at radius 3 is 2.48 bits per heavy atom. The van der Waals surface area contributed by atoms with E-state index in [0.717, 1.165) is 27.8 Å². The Kier molecular flexibility index (Phi) is 6.11. The largest absolute Gasteiger partial charge is 0.481 e. The van der Waals surface area contributed by atoms with Crippen LogP contribution >= 0.6 is 24.0 Å². The first-order chi connectivity index (χ1) is 11.8. The van der Waals surface area contributed by atoms with Crippen molar-refractivity contribution in [1.82, 2.24) is 4.90 Å². The Morgan fingerprint density at radius 2 is 1.92 bits per heavy atom. The molecule has 0 aromatic heterocycles.